The van der Waals surface area contributed by atoms with Crippen LogP contribution in [0.1, 0.15) is 28.9 Å². The number of likely N-dealkylation sites (tertiary alicyclic amines) is 1. The Bertz CT molecular complexity index is 648. The predicted molar refractivity (Wildman–Crippen MR) is 84.3 cm³/mol. The molecular formula is C16H17BrN2O. The summed E-state index contributed by atoms with van der Waals surface area (Å²) in [4.78, 5) is 19.8. The van der Waals surface area contributed by atoms with Crippen molar-refractivity contribution >= 4 is 32.7 Å². The van der Waals surface area contributed by atoms with Gasteiger partial charge in [-0.25, -0.2) is 0 Å². The normalized spacial score (nSPS) is 16.6. The van der Waals surface area contributed by atoms with Gasteiger partial charge in [0.2, 0.25) is 0 Å². The van der Waals surface area contributed by atoms with Crippen LogP contribution in [0.2, 0.25) is 0 Å². The van der Waals surface area contributed by atoms with Crippen LogP contribution in [-0.2, 0) is 0 Å². The van der Waals surface area contributed by atoms with E-state index in [1.54, 1.807) is 0 Å². The second-order valence-corrected chi connectivity index (χ2v) is 6.59. The number of aryl methyl sites for hydroxylation is 1. The van der Waals surface area contributed by atoms with Crippen LogP contribution in [0.25, 0.3) is 10.9 Å². The number of hydrogen-bond acceptors (Lipinski definition) is 2. The van der Waals surface area contributed by atoms with Gasteiger partial charge in [0.25, 0.3) is 5.91 Å². The van der Waals surface area contributed by atoms with E-state index in [1.165, 1.54) is 0 Å². The lowest BCUT2D eigenvalue weighted by atomic mass is 10.0. The number of piperidine rings is 1. The number of para-hydroxylation sites is 1. The third-order valence-electron chi connectivity index (χ3n) is 3.79. The minimum atomic E-state index is 0.131. The highest BCUT2D eigenvalue weighted by Gasteiger charge is 2.23. The number of aromatic nitrogens is 1. The number of nitrogens with zero attached hydrogens (tertiary/aromatic N) is 2. The fourth-order valence-electron chi connectivity index (χ4n) is 2.71. The summed E-state index contributed by atoms with van der Waals surface area (Å²) in [5, 5.41) is 0.948. The van der Waals surface area contributed by atoms with E-state index in [2.05, 4.69) is 20.9 Å². The number of amides is 1. The number of pyridine rings is 1. The largest absolute Gasteiger partial charge is 0.339 e. The summed E-state index contributed by atoms with van der Waals surface area (Å²) in [6, 6.07) is 9.77. The lowest BCUT2D eigenvalue weighted by molar-refractivity contribution is 0.0730. The molecule has 1 saturated heterocycles. The second-order valence-electron chi connectivity index (χ2n) is 5.30. The number of alkyl halides is 1. The third kappa shape index (κ3) is 2.57. The van der Waals surface area contributed by atoms with E-state index in [0.717, 1.165) is 48.1 Å². The fourth-order valence-corrected chi connectivity index (χ4v) is 3.12. The van der Waals surface area contributed by atoms with Gasteiger partial charge in [-0.15, -0.1) is 0 Å². The molecule has 0 radical (unpaired) electrons. The summed E-state index contributed by atoms with van der Waals surface area (Å²) < 4.78 is 0. The van der Waals surface area contributed by atoms with E-state index in [1.807, 2.05) is 42.2 Å². The standard InChI is InChI=1S/C16H17BrN2O/c1-11-10-14(13-4-2-3-5-15(13)18-11)16(20)19-8-6-12(17)7-9-19/h2-5,10,12H,6-9H2,1H3. The van der Waals surface area contributed by atoms with E-state index in [9.17, 15) is 4.79 Å². The molecule has 0 saturated carbocycles. The van der Waals surface area contributed by atoms with Crippen molar-refractivity contribution in [3.05, 3.63) is 41.6 Å². The van der Waals surface area contributed by atoms with Crippen molar-refractivity contribution in [1.82, 2.24) is 9.88 Å². The lowest BCUT2D eigenvalue weighted by Gasteiger charge is -2.30. The monoisotopic (exact) mass is 332 g/mol. The van der Waals surface area contributed by atoms with Crippen LogP contribution in [0.15, 0.2) is 30.3 Å². The first-order valence-electron chi connectivity index (χ1n) is 6.95. The van der Waals surface area contributed by atoms with Crippen LogP contribution in [0.4, 0.5) is 0 Å². The van der Waals surface area contributed by atoms with Crippen LogP contribution >= 0.6 is 15.9 Å². The van der Waals surface area contributed by atoms with E-state index in [0.29, 0.717) is 4.83 Å². The summed E-state index contributed by atoms with van der Waals surface area (Å²) in [6.07, 6.45) is 2.04. The number of carbonyl (C=O) groups excluding carboxylic acids is 1. The molecule has 3 nitrogen and oxygen atoms in total. The molecule has 4 heteroatoms. The fraction of sp³-hybridized carbons (Fsp3) is 0.375. The molecule has 2 aromatic rings. The zero-order valence-corrected chi connectivity index (χ0v) is 13.1. The number of rotatable bonds is 1. The van der Waals surface area contributed by atoms with Gasteiger partial charge in [-0.05, 0) is 31.9 Å². The van der Waals surface area contributed by atoms with Gasteiger partial charge in [0.15, 0.2) is 0 Å². The van der Waals surface area contributed by atoms with Gasteiger partial charge in [0.1, 0.15) is 0 Å². The maximum atomic E-state index is 12.8. The topological polar surface area (TPSA) is 33.2 Å². The molecule has 1 amide bonds. The highest BCUT2D eigenvalue weighted by Crippen LogP contribution is 2.23. The Morgan fingerprint density at radius 2 is 2.00 bits per heavy atom. The SMILES string of the molecule is Cc1cc(C(=O)N2CCC(Br)CC2)c2ccccc2n1. The molecule has 1 aromatic heterocycles. The van der Waals surface area contributed by atoms with Crippen molar-refractivity contribution in [3.63, 3.8) is 0 Å². The van der Waals surface area contributed by atoms with E-state index < -0.39 is 0 Å². The quantitative estimate of drug-likeness (QED) is 0.748. The number of benzene rings is 1. The van der Waals surface area contributed by atoms with Gasteiger partial charge in [-0.2, -0.15) is 0 Å². The molecule has 1 aliphatic rings. The number of carbonyl (C=O) groups is 1. The average Bonchev–Trinajstić information content (AvgIpc) is 2.46. The van der Waals surface area contributed by atoms with Gasteiger partial charge in [-0.3, -0.25) is 9.78 Å². The molecule has 0 atom stereocenters. The Kier molecular flexibility index (Phi) is 3.74. The van der Waals surface area contributed by atoms with Crippen LogP contribution in [0.3, 0.4) is 0 Å². The van der Waals surface area contributed by atoms with Crippen molar-refractivity contribution < 1.29 is 4.79 Å². The molecule has 0 unspecified atom stereocenters. The Morgan fingerprint density at radius 1 is 1.30 bits per heavy atom. The van der Waals surface area contributed by atoms with Crippen LogP contribution < -0.4 is 0 Å². The van der Waals surface area contributed by atoms with Crippen LogP contribution in [-0.4, -0.2) is 33.7 Å². The van der Waals surface area contributed by atoms with Crippen molar-refractivity contribution in [2.45, 2.75) is 24.6 Å². The number of halogens is 1. The van der Waals surface area contributed by atoms with Crippen molar-refractivity contribution in [2.75, 3.05) is 13.1 Å². The minimum Gasteiger partial charge on any atom is -0.339 e. The lowest BCUT2D eigenvalue weighted by Crippen LogP contribution is -2.38. The minimum absolute atomic E-state index is 0.131. The molecule has 20 heavy (non-hydrogen) atoms. The number of hydrogen-bond donors (Lipinski definition) is 0. The molecule has 1 aromatic carbocycles. The Balaban J connectivity index is 1.99. The molecule has 0 bridgehead atoms. The average molecular weight is 333 g/mol. The first-order chi connectivity index (χ1) is 9.65. The Morgan fingerprint density at radius 3 is 2.75 bits per heavy atom. The first-order valence-corrected chi connectivity index (χ1v) is 7.86. The maximum Gasteiger partial charge on any atom is 0.254 e. The summed E-state index contributed by atoms with van der Waals surface area (Å²) in [6.45, 7) is 3.59. The second kappa shape index (κ2) is 5.52. The smallest absolute Gasteiger partial charge is 0.254 e. The molecule has 104 valence electrons. The van der Waals surface area contributed by atoms with Gasteiger partial charge >= 0.3 is 0 Å². The predicted octanol–water partition coefficient (Wildman–Crippen LogP) is 3.54. The van der Waals surface area contributed by atoms with Crippen molar-refractivity contribution in [3.8, 4) is 0 Å². The van der Waals surface area contributed by atoms with Crippen molar-refractivity contribution in [2.24, 2.45) is 0 Å². The Labute approximate surface area is 127 Å². The molecule has 0 aliphatic carbocycles. The van der Waals surface area contributed by atoms with E-state index >= 15 is 0 Å². The molecular weight excluding hydrogens is 316 g/mol. The molecule has 0 N–H and O–H groups in total. The van der Waals surface area contributed by atoms with Gasteiger partial charge in [0.05, 0.1) is 11.1 Å². The maximum absolute atomic E-state index is 12.8. The van der Waals surface area contributed by atoms with Crippen molar-refractivity contribution in [1.29, 1.82) is 0 Å². The summed E-state index contributed by atoms with van der Waals surface area (Å²) in [7, 11) is 0. The number of fused-ring (bicyclic) bond motifs is 1. The molecule has 2 heterocycles. The van der Waals surface area contributed by atoms with E-state index in [4.69, 9.17) is 0 Å². The van der Waals surface area contributed by atoms with Crippen LogP contribution in [0.5, 0.6) is 0 Å². The van der Waals surface area contributed by atoms with Gasteiger partial charge < -0.3 is 4.90 Å². The molecule has 3 rings (SSSR count). The Hall–Kier alpha value is -1.42. The van der Waals surface area contributed by atoms with E-state index in [-0.39, 0.29) is 5.91 Å². The first kappa shape index (κ1) is 13.6. The van der Waals surface area contributed by atoms with Crippen LogP contribution in [0, 0.1) is 6.92 Å². The summed E-state index contributed by atoms with van der Waals surface area (Å²) >= 11 is 3.62. The summed E-state index contributed by atoms with van der Waals surface area (Å²) in [5.74, 6) is 0.131. The molecule has 1 aliphatic heterocycles. The highest BCUT2D eigenvalue weighted by molar-refractivity contribution is 9.09. The molecule has 1 fully saturated rings. The third-order valence-corrected chi connectivity index (χ3v) is 4.70. The summed E-state index contributed by atoms with van der Waals surface area (Å²) in [5.41, 5.74) is 2.56. The zero-order valence-electron chi connectivity index (χ0n) is 11.5. The highest BCUT2D eigenvalue weighted by atomic mass is 79.9. The zero-order chi connectivity index (χ0) is 14.1. The molecule has 0 spiro atoms. The van der Waals surface area contributed by atoms with Gasteiger partial charge in [-0.1, -0.05) is 34.1 Å². The van der Waals surface area contributed by atoms with Gasteiger partial charge in [0, 0.05) is 29.0 Å².